The third-order valence-electron chi connectivity index (χ3n) is 2.71. The molecule has 4 heteroatoms. The van der Waals surface area contributed by atoms with Crippen LogP contribution in [0.5, 0.6) is 0 Å². The van der Waals surface area contributed by atoms with Crippen molar-refractivity contribution in [1.82, 2.24) is 4.90 Å². The number of hydrogen-bond acceptors (Lipinski definition) is 2. The Bertz CT molecular complexity index is 414. The second-order valence-corrected chi connectivity index (χ2v) is 4.78. The molecule has 2 N–H and O–H groups in total. The summed E-state index contributed by atoms with van der Waals surface area (Å²) in [6.07, 6.45) is 0. The zero-order valence-electron chi connectivity index (χ0n) is 10.4. The first kappa shape index (κ1) is 13.6. The van der Waals surface area contributed by atoms with Crippen LogP contribution in [0.3, 0.4) is 0 Å². The Morgan fingerprint density at radius 3 is 2.41 bits per heavy atom. The summed E-state index contributed by atoms with van der Waals surface area (Å²) in [6.45, 7) is 4.34. The fraction of sp³-hybridized carbons (Fsp3) is 0.385. The zero-order chi connectivity index (χ0) is 13.0. The molecule has 1 amide bonds. The topological polar surface area (TPSA) is 46.3 Å². The van der Waals surface area contributed by atoms with Gasteiger partial charge in [0.05, 0.1) is 10.9 Å². The Kier molecular flexibility index (Phi) is 4.63. The molecule has 0 spiro atoms. The Morgan fingerprint density at radius 1 is 1.41 bits per heavy atom. The molecule has 0 fully saturated rings. The average Bonchev–Trinajstić information content (AvgIpc) is 2.30. The molecule has 92 valence electrons. The summed E-state index contributed by atoms with van der Waals surface area (Å²) in [5.74, 6) is -0.446. The van der Waals surface area contributed by atoms with E-state index >= 15 is 0 Å². The first-order valence-corrected chi connectivity index (χ1v) is 5.92. The number of nitrogens with two attached hydrogens (primary N) is 1. The van der Waals surface area contributed by atoms with Crippen LogP contribution in [0.15, 0.2) is 24.3 Å². The van der Waals surface area contributed by atoms with Crippen LogP contribution in [0.1, 0.15) is 18.1 Å². The summed E-state index contributed by atoms with van der Waals surface area (Å²) >= 11 is 4.83. The van der Waals surface area contributed by atoms with E-state index in [-0.39, 0.29) is 10.9 Å². The second-order valence-electron chi connectivity index (χ2n) is 4.30. The summed E-state index contributed by atoms with van der Waals surface area (Å²) in [6, 6.07) is 8.10. The maximum Gasteiger partial charge on any atom is 0.232 e. The van der Waals surface area contributed by atoms with E-state index in [1.54, 1.807) is 18.9 Å². The summed E-state index contributed by atoms with van der Waals surface area (Å²) in [7, 11) is 1.76. The third kappa shape index (κ3) is 3.82. The highest BCUT2D eigenvalue weighted by Crippen LogP contribution is 2.09. The van der Waals surface area contributed by atoms with Crippen molar-refractivity contribution in [2.45, 2.75) is 20.4 Å². The molecule has 1 aromatic carbocycles. The average molecular weight is 250 g/mol. The van der Waals surface area contributed by atoms with Crippen LogP contribution in [0.25, 0.3) is 0 Å². The molecule has 0 radical (unpaired) electrons. The highest BCUT2D eigenvalue weighted by molar-refractivity contribution is 7.80. The molecule has 1 aromatic rings. The standard InChI is InChI=1S/C13H18N2OS/c1-9-4-6-11(7-5-9)8-15(3)13(16)10(2)12(14)17/h4-7,10H,8H2,1-3H3,(H2,14,17). The van der Waals surface area contributed by atoms with Gasteiger partial charge in [-0.05, 0) is 19.4 Å². The fourth-order valence-corrected chi connectivity index (χ4v) is 1.60. The lowest BCUT2D eigenvalue weighted by atomic mass is 10.1. The van der Waals surface area contributed by atoms with Crippen molar-refractivity contribution < 1.29 is 4.79 Å². The van der Waals surface area contributed by atoms with E-state index in [2.05, 4.69) is 0 Å². The molecule has 1 unspecified atom stereocenters. The van der Waals surface area contributed by atoms with Crippen molar-refractivity contribution in [3.63, 3.8) is 0 Å². The quantitative estimate of drug-likeness (QED) is 0.830. The molecule has 0 aliphatic heterocycles. The van der Waals surface area contributed by atoms with Gasteiger partial charge >= 0.3 is 0 Å². The van der Waals surface area contributed by atoms with E-state index in [0.717, 1.165) is 5.56 Å². The summed E-state index contributed by atoms with van der Waals surface area (Å²) in [4.78, 5) is 13.8. The minimum Gasteiger partial charge on any atom is -0.393 e. The predicted octanol–water partition coefficient (Wildman–Crippen LogP) is 1.88. The number of thiocarbonyl (C=S) groups is 1. The monoisotopic (exact) mass is 250 g/mol. The van der Waals surface area contributed by atoms with Gasteiger partial charge in [-0.3, -0.25) is 4.79 Å². The minimum absolute atomic E-state index is 0.0434. The first-order chi connectivity index (χ1) is 7.91. The van der Waals surface area contributed by atoms with Crippen molar-refractivity contribution in [3.05, 3.63) is 35.4 Å². The van der Waals surface area contributed by atoms with E-state index in [4.69, 9.17) is 18.0 Å². The molecular weight excluding hydrogens is 232 g/mol. The van der Waals surface area contributed by atoms with Gasteiger partial charge in [-0.25, -0.2) is 0 Å². The lowest BCUT2D eigenvalue weighted by Crippen LogP contribution is -2.37. The van der Waals surface area contributed by atoms with Crippen molar-refractivity contribution in [2.75, 3.05) is 7.05 Å². The van der Waals surface area contributed by atoms with Gasteiger partial charge in [0.25, 0.3) is 0 Å². The highest BCUT2D eigenvalue weighted by Gasteiger charge is 2.19. The first-order valence-electron chi connectivity index (χ1n) is 5.51. The van der Waals surface area contributed by atoms with Crippen LogP contribution >= 0.6 is 12.2 Å². The van der Waals surface area contributed by atoms with Gasteiger partial charge < -0.3 is 10.6 Å². The SMILES string of the molecule is Cc1ccc(CN(C)C(=O)C(C)C(N)=S)cc1. The van der Waals surface area contributed by atoms with Crippen LogP contribution in [-0.4, -0.2) is 22.8 Å². The Balaban J connectivity index is 2.66. The molecule has 0 aliphatic carbocycles. The van der Waals surface area contributed by atoms with Gasteiger partial charge in [-0.1, -0.05) is 42.0 Å². The predicted molar refractivity (Wildman–Crippen MR) is 73.6 cm³/mol. The molecule has 0 saturated carbocycles. The molecule has 17 heavy (non-hydrogen) atoms. The third-order valence-corrected chi connectivity index (χ3v) is 3.07. The van der Waals surface area contributed by atoms with Crippen LogP contribution < -0.4 is 5.73 Å². The fourth-order valence-electron chi connectivity index (χ4n) is 1.50. The van der Waals surface area contributed by atoms with Crippen molar-refractivity contribution in [2.24, 2.45) is 11.7 Å². The molecule has 1 atom stereocenters. The van der Waals surface area contributed by atoms with Crippen molar-refractivity contribution in [3.8, 4) is 0 Å². The van der Waals surface area contributed by atoms with E-state index in [1.165, 1.54) is 5.56 Å². The lowest BCUT2D eigenvalue weighted by Gasteiger charge is -2.20. The van der Waals surface area contributed by atoms with Crippen LogP contribution in [0.4, 0.5) is 0 Å². The van der Waals surface area contributed by atoms with Gasteiger partial charge in [-0.15, -0.1) is 0 Å². The molecule has 0 bridgehead atoms. The molecule has 0 aliphatic rings. The number of nitrogens with zero attached hydrogens (tertiary/aromatic N) is 1. The van der Waals surface area contributed by atoms with Gasteiger partial charge in [0.1, 0.15) is 0 Å². The Labute approximate surface area is 108 Å². The summed E-state index contributed by atoms with van der Waals surface area (Å²) in [5, 5.41) is 0. The maximum absolute atomic E-state index is 11.9. The number of aryl methyl sites for hydroxylation is 1. The Hall–Kier alpha value is -1.42. The van der Waals surface area contributed by atoms with Crippen molar-refractivity contribution >= 4 is 23.1 Å². The van der Waals surface area contributed by atoms with E-state index in [1.807, 2.05) is 31.2 Å². The van der Waals surface area contributed by atoms with Gasteiger partial charge in [0.15, 0.2) is 0 Å². The number of rotatable bonds is 4. The van der Waals surface area contributed by atoms with E-state index in [9.17, 15) is 4.79 Å². The van der Waals surface area contributed by atoms with Crippen LogP contribution in [-0.2, 0) is 11.3 Å². The largest absolute Gasteiger partial charge is 0.393 e. The van der Waals surface area contributed by atoms with Gasteiger partial charge in [0, 0.05) is 13.6 Å². The zero-order valence-corrected chi connectivity index (χ0v) is 11.3. The normalized spacial score (nSPS) is 11.9. The number of carbonyl (C=O) groups is 1. The van der Waals surface area contributed by atoms with Crippen molar-refractivity contribution in [1.29, 1.82) is 0 Å². The van der Waals surface area contributed by atoms with E-state index < -0.39 is 5.92 Å². The van der Waals surface area contributed by atoms with Crippen LogP contribution in [0, 0.1) is 12.8 Å². The Morgan fingerprint density at radius 2 is 1.94 bits per heavy atom. The highest BCUT2D eigenvalue weighted by atomic mass is 32.1. The van der Waals surface area contributed by atoms with Gasteiger partial charge in [0.2, 0.25) is 5.91 Å². The molecule has 0 saturated heterocycles. The van der Waals surface area contributed by atoms with Gasteiger partial charge in [-0.2, -0.15) is 0 Å². The summed E-state index contributed by atoms with van der Waals surface area (Å²) in [5.41, 5.74) is 7.78. The maximum atomic E-state index is 11.9. The smallest absolute Gasteiger partial charge is 0.232 e. The summed E-state index contributed by atoms with van der Waals surface area (Å²) < 4.78 is 0. The molecule has 0 heterocycles. The molecule has 3 nitrogen and oxygen atoms in total. The second kappa shape index (κ2) is 5.77. The molecule has 0 aromatic heterocycles. The molecule has 1 rings (SSSR count). The number of benzene rings is 1. The van der Waals surface area contributed by atoms with Crippen LogP contribution in [0.2, 0.25) is 0 Å². The van der Waals surface area contributed by atoms with E-state index in [0.29, 0.717) is 6.54 Å². The minimum atomic E-state index is -0.402. The lowest BCUT2D eigenvalue weighted by molar-refractivity contribution is -0.132. The number of carbonyl (C=O) groups excluding carboxylic acids is 1. The molecular formula is C13H18N2OS. The number of hydrogen-bond donors (Lipinski definition) is 1. The number of amides is 1.